The molecule has 0 aromatic heterocycles. The summed E-state index contributed by atoms with van der Waals surface area (Å²) in [5, 5.41) is 10.6. The molecule has 4 nitrogen and oxygen atoms in total. The van der Waals surface area contributed by atoms with Crippen LogP contribution < -0.4 is 16.0 Å². The SMILES string of the molecule is Cc1ccccc1NC(=S)N[C@@H](NC(=O)c1cccc2ccccc12)C(Cl)(Cl)Cl. The van der Waals surface area contributed by atoms with Crippen molar-refractivity contribution in [2.75, 3.05) is 5.32 Å². The molecule has 1 atom stereocenters. The molecule has 3 rings (SSSR count). The van der Waals surface area contributed by atoms with Crippen LogP contribution in [0.3, 0.4) is 0 Å². The first-order valence-electron chi connectivity index (χ1n) is 8.74. The quantitative estimate of drug-likeness (QED) is 0.268. The summed E-state index contributed by atoms with van der Waals surface area (Å²) in [6.07, 6.45) is -1.05. The Morgan fingerprint density at radius 3 is 2.31 bits per heavy atom. The minimum Gasteiger partial charge on any atom is -0.339 e. The third-order valence-corrected chi connectivity index (χ3v) is 5.18. The van der Waals surface area contributed by atoms with Gasteiger partial charge in [-0.3, -0.25) is 4.79 Å². The van der Waals surface area contributed by atoms with Gasteiger partial charge in [0.05, 0.1) is 0 Å². The van der Waals surface area contributed by atoms with Crippen LogP contribution in [0.15, 0.2) is 66.7 Å². The molecule has 0 heterocycles. The van der Waals surface area contributed by atoms with E-state index in [1.807, 2.05) is 61.5 Å². The van der Waals surface area contributed by atoms with Crippen LogP contribution in [0.1, 0.15) is 15.9 Å². The lowest BCUT2D eigenvalue weighted by molar-refractivity contribution is 0.0936. The van der Waals surface area contributed by atoms with Crippen LogP contribution in [0.5, 0.6) is 0 Å². The number of nitrogens with one attached hydrogen (secondary N) is 3. The third kappa shape index (κ3) is 5.52. The molecule has 8 heteroatoms. The molecule has 0 spiro atoms. The first-order chi connectivity index (χ1) is 13.8. The number of thiocarbonyl (C=S) groups is 1. The number of hydrogen-bond acceptors (Lipinski definition) is 2. The Morgan fingerprint density at radius 1 is 0.931 bits per heavy atom. The number of halogens is 3. The highest BCUT2D eigenvalue weighted by Crippen LogP contribution is 2.30. The van der Waals surface area contributed by atoms with E-state index in [4.69, 9.17) is 47.0 Å². The Balaban J connectivity index is 1.78. The van der Waals surface area contributed by atoms with Crippen LogP contribution in [0.4, 0.5) is 5.69 Å². The average Bonchev–Trinajstić information content (AvgIpc) is 2.68. The predicted octanol–water partition coefficient (Wildman–Crippen LogP) is 5.56. The van der Waals surface area contributed by atoms with Crippen molar-refractivity contribution in [2.24, 2.45) is 0 Å². The fourth-order valence-electron chi connectivity index (χ4n) is 2.83. The lowest BCUT2D eigenvalue weighted by Gasteiger charge is -2.28. The lowest BCUT2D eigenvalue weighted by atomic mass is 10.0. The van der Waals surface area contributed by atoms with Crippen molar-refractivity contribution in [3.63, 3.8) is 0 Å². The zero-order valence-corrected chi connectivity index (χ0v) is 18.5. The summed E-state index contributed by atoms with van der Waals surface area (Å²) in [5.41, 5.74) is 2.29. The Labute approximate surface area is 189 Å². The Bertz CT molecular complexity index is 1050. The van der Waals surface area contributed by atoms with Crippen molar-refractivity contribution < 1.29 is 4.79 Å². The minimum atomic E-state index is -1.84. The Kier molecular flexibility index (Phi) is 6.85. The number of hydrogen-bond donors (Lipinski definition) is 3. The summed E-state index contributed by atoms with van der Waals surface area (Å²) in [6.45, 7) is 1.94. The number of anilines is 1. The Morgan fingerprint density at radius 2 is 1.59 bits per heavy atom. The first-order valence-corrected chi connectivity index (χ1v) is 10.3. The molecule has 0 radical (unpaired) electrons. The molecule has 0 aliphatic carbocycles. The van der Waals surface area contributed by atoms with Crippen LogP contribution in [-0.2, 0) is 0 Å². The maximum absolute atomic E-state index is 12.9. The van der Waals surface area contributed by atoms with Gasteiger partial charge in [-0.2, -0.15) is 0 Å². The van der Waals surface area contributed by atoms with Crippen molar-refractivity contribution in [3.05, 3.63) is 77.9 Å². The topological polar surface area (TPSA) is 53.2 Å². The molecule has 0 aliphatic heterocycles. The van der Waals surface area contributed by atoms with Crippen LogP contribution >= 0.6 is 47.0 Å². The second-order valence-corrected chi connectivity index (χ2v) is 9.17. The zero-order valence-electron chi connectivity index (χ0n) is 15.4. The van der Waals surface area contributed by atoms with Gasteiger partial charge in [0.2, 0.25) is 3.79 Å². The maximum atomic E-state index is 12.9. The van der Waals surface area contributed by atoms with E-state index in [2.05, 4.69) is 16.0 Å². The number of benzene rings is 3. The molecule has 0 aliphatic rings. The molecule has 0 bridgehead atoms. The van der Waals surface area contributed by atoms with E-state index in [0.29, 0.717) is 5.56 Å². The van der Waals surface area contributed by atoms with E-state index in [1.54, 1.807) is 12.1 Å². The molecule has 0 fully saturated rings. The summed E-state index contributed by atoms with van der Waals surface area (Å²) >= 11 is 23.6. The molecule has 3 N–H and O–H groups in total. The van der Waals surface area contributed by atoms with E-state index in [1.165, 1.54) is 0 Å². The maximum Gasteiger partial charge on any atom is 0.253 e. The van der Waals surface area contributed by atoms with Gasteiger partial charge in [-0.1, -0.05) is 89.4 Å². The van der Waals surface area contributed by atoms with Crippen molar-refractivity contribution in [1.82, 2.24) is 10.6 Å². The van der Waals surface area contributed by atoms with Gasteiger partial charge in [-0.05, 0) is 47.6 Å². The smallest absolute Gasteiger partial charge is 0.253 e. The molecule has 1 amide bonds. The third-order valence-electron chi connectivity index (χ3n) is 4.31. The largest absolute Gasteiger partial charge is 0.339 e. The fraction of sp³-hybridized carbons (Fsp3) is 0.143. The van der Waals surface area contributed by atoms with E-state index in [9.17, 15) is 4.79 Å². The van der Waals surface area contributed by atoms with Gasteiger partial charge in [-0.25, -0.2) is 0 Å². The van der Waals surface area contributed by atoms with Gasteiger partial charge in [0.1, 0.15) is 6.17 Å². The summed E-state index contributed by atoms with van der Waals surface area (Å²) < 4.78 is -1.84. The minimum absolute atomic E-state index is 0.217. The highest BCUT2D eigenvalue weighted by Gasteiger charge is 2.35. The van der Waals surface area contributed by atoms with Crippen molar-refractivity contribution in [1.29, 1.82) is 0 Å². The van der Waals surface area contributed by atoms with Gasteiger partial charge in [0, 0.05) is 11.3 Å². The second kappa shape index (κ2) is 9.18. The molecule has 0 unspecified atom stereocenters. The molecule has 3 aromatic carbocycles. The Hall–Kier alpha value is -2.05. The van der Waals surface area contributed by atoms with E-state index in [-0.39, 0.29) is 11.0 Å². The van der Waals surface area contributed by atoms with Gasteiger partial charge in [-0.15, -0.1) is 0 Å². The predicted molar refractivity (Wildman–Crippen MR) is 126 cm³/mol. The van der Waals surface area contributed by atoms with Crippen LogP contribution in [0.2, 0.25) is 0 Å². The summed E-state index contributed by atoms with van der Waals surface area (Å²) in [4.78, 5) is 12.9. The number of aryl methyl sites for hydroxylation is 1. The molecular weight excluding hydrogens is 449 g/mol. The van der Waals surface area contributed by atoms with Crippen LogP contribution in [-0.4, -0.2) is 21.0 Å². The van der Waals surface area contributed by atoms with Gasteiger partial charge >= 0.3 is 0 Å². The molecule has 0 saturated carbocycles. The molecule has 150 valence electrons. The van der Waals surface area contributed by atoms with Gasteiger partial charge in [0.15, 0.2) is 5.11 Å². The normalized spacial score (nSPS) is 12.3. The van der Waals surface area contributed by atoms with Crippen LogP contribution in [0.25, 0.3) is 10.8 Å². The number of rotatable bonds is 4. The molecular formula is C21H18Cl3N3OS. The first kappa shape index (κ1) is 21.7. The molecule has 29 heavy (non-hydrogen) atoms. The average molecular weight is 467 g/mol. The van der Waals surface area contributed by atoms with Crippen molar-refractivity contribution in [2.45, 2.75) is 16.9 Å². The van der Waals surface area contributed by atoms with Gasteiger partial charge in [0.25, 0.3) is 5.91 Å². The number of alkyl halides is 3. The summed E-state index contributed by atoms with van der Waals surface area (Å²) in [7, 11) is 0. The number of para-hydroxylation sites is 1. The zero-order chi connectivity index (χ0) is 21.0. The number of amides is 1. The fourth-order valence-corrected chi connectivity index (χ4v) is 3.39. The van der Waals surface area contributed by atoms with E-state index in [0.717, 1.165) is 22.0 Å². The highest BCUT2D eigenvalue weighted by molar-refractivity contribution is 7.80. The van der Waals surface area contributed by atoms with Crippen LogP contribution in [0, 0.1) is 6.92 Å². The number of carbonyl (C=O) groups is 1. The summed E-state index contributed by atoms with van der Waals surface area (Å²) in [6, 6.07) is 20.6. The highest BCUT2D eigenvalue weighted by atomic mass is 35.6. The van der Waals surface area contributed by atoms with Crippen molar-refractivity contribution in [3.8, 4) is 0 Å². The molecule has 3 aromatic rings. The standard InChI is InChI=1S/C21H18Cl3N3OS/c1-13-7-2-5-12-17(13)25-20(29)27-19(21(22,23)24)26-18(28)16-11-6-9-14-8-3-4-10-15(14)16/h2-12,19H,1H3,(H,26,28)(H2,25,27,29)/t19-/m1/s1. The molecule has 0 saturated heterocycles. The van der Waals surface area contributed by atoms with E-state index < -0.39 is 9.96 Å². The lowest BCUT2D eigenvalue weighted by Crippen LogP contribution is -2.56. The number of carbonyl (C=O) groups excluding carboxylic acids is 1. The van der Waals surface area contributed by atoms with E-state index >= 15 is 0 Å². The van der Waals surface area contributed by atoms with Crippen molar-refractivity contribution >= 4 is 74.5 Å². The van der Waals surface area contributed by atoms with Gasteiger partial charge < -0.3 is 16.0 Å². The number of fused-ring (bicyclic) bond motifs is 1. The summed E-state index contributed by atoms with van der Waals surface area (Å²) in [5.74, 6) is -0.385. The monoisotopic (exact) mass is 465 g/mol. The second-order valence-electron chi connectivity index (χ2n) is 6.39.